The summed E-state index contributed by atoms with van der Waals surface area (Å²) in [4.78, 5) is 11.6. The third-order valence-electron chi connectivity index (χ3n) is 3.64. The highest BCUT2D eigenvalue weighted by Crippen LogP contribution is 2.43. The minimum atomic E-state index is -4.64. The van der Waals surface area contributed by atoms with Gasteiger partial charge in [0.25, 0.3) is 0 Å². The van der Waals surface area contributed by atoms with E-state index in [1.165, 1.54) is 12.1 Å². The molecule has 9 heteroatoms. The average molecular weight is 450 g/mol. The molecule has 28 heavy (non-hydrogen) atoms. The average Bonchev–Trinajstić information content (AvgIpc) is 2.59. The Morgan fingerprint density at radius 3 is 2.39 bits per heavy atom. The first-order chi connectivity index (χ1) is 12.9. The Morgan fingerprint density at radius 2 is 1.82 bits per heavy atom. The van der Waals surface area contributed by atoms with Gasteiger partial charge in [-0.25, -0.2) is 8.93 Å². The molecule has 0 amide bonds. The van der Waals surface area contributed by atoms with E-state index in [1.54, 1.807) is 39.0 Å². The van der Waals surface area contributed by atoms with Crippen molar-refractivity contribution in [2.24, 2.45) is 0 Å². The van der Waals surface area contributed by atoms with Crippen molar-refractivity contribution in [3.05, 3.63) is 58.1 Å². The number of hydrogen-bond acceptors (Lipinski definition) is 3. The fourth-order valence-electron chi connectivity index (χ4n) is 2.25. The topological polar surface area (TPSA) is 46.2 Å². The highest BCUT2D eigenvalue weighted by Gasteiger charge is 2.35. The molecule has 0 aliphatic carbocycles. The number of carbonyl (C=O) groups is 1. The van der Waals surface area contributed by atoms with Gasteiger partial charge in [0.15, 0.2) is 6.29 Å². The molecule has 0 saturated heterocycles. The van der Waals surface area contributed by atoms with E-state index in [0.29, 0.717) is 11.2 Å². The summed E-state index contributed by atoms with van der Waals surface area (Å²) in [6, 6.07) is 8.66. The molecule has 2 aromatic rings. The number of hydrogen-bond donors (Lipinski definition) is 1. The second-order valence-electron chi connectivity index (χ2n) is 6.90. The van der Waals surface area contributed by atoms with Crippen LogP contribution in [0, 0.1) is 0 Å². The summed E-state index contributed by atoms with van der Waals surface area (Å²) in [6.07, 6.45) is -4.04. The smallest absolute Gasteiger partial charge is 0.298 e. The standard InChI is InChI=1S/C19H19ClF3NO2S2/c1-18(2,3)28(26)24-10-13-8-14(20)9-15(19(21,22)23)17(13)27-16-7-5-4-6-12(16)11-25/h4-9,11,24H,10H2,1-3H3. The molecule has 1 atom stereocenters. The van der Waals surface area contributed by atoms with Crippen molar-refractivity contribution in [3.63, 3.8) is 0 Å². The molecule has 2 aromatic carbocycles. The second kappa shape index (κ2) is 8.98. The zero-order valence-corrected chi connectivity index (χ0v) is 17.8. The molecule has 0 radical (unpaired) electrons. The van der Waals surface area contributed by atoms with Crippen LogP contribution in [0.4, 0.5) is 13.2 Å². The fourth-order valence-corrected chi connectivity index (χ4v) is 4.36. The van der Waals surface area contributed by atoms with E-state index in [1.807, 2.05) is 0 Å². The highest BCUT2D eigenvalue weighted by atomic mass is 35.5. The zero-order valence-electron chi connectivity index (χ0n) is 15.4. The monoisotopic (exact) mass is 449 g/mol. The summed E-state index contributed by atoms with van der Waals surface area (Å²) in [5, 5.41) is -0.0707. The van der Waals surface area contributed by atoms with Crippen LogP contribution in [0.3, 0.4) is 0 Å². The number of carbonyl (C=O) groups excluding carboxylic acids is 1. The molecular weight excluding hydrogens is 431 g/mol. The van der Waals surface area contributed by atoms with Gasteiger partial charge in [0.2, 0.25) is 0 Å². The number of benzene rings is 2. The normalized spacial score (nSPS) is 13.4. The van der Waals surface area contributed by atoms with Gasteiger partial charge < -0.3 is 0 Å². The molecule has 3 nitrogen and oxygen atoms in total. The molecule has 0 bridgehead atoms. The number of halogens is 4. The van der Waals surface area contributed by atoms with Crippen LogP contribution in [-0.4, -0.2) is 15.2 Å². The lowest BCUT2D eigenvalue weighted by molar-refractivity contribution is -0.139. The van der Waals surface area contributed by atoms with Gasteiger partial charge in [-0.3, -0.25) is 4.79 Å². The Balaban J connectivity index is 2.53. The largest absolute Gasteiger partial charge is 0.417 e. The molecule has 152 valence electrons. The summed E-state index contributed by atoms with van der Waals surface area (Å²) in [6.45, 7) is 5.20. The van der Waals surface area contributed by atoms with Crippen molar-refractivity contribution in [2.75, 3.05) is 0 Å². The van der Waals surface area contributed by atoms with Crippen LogP contribution < -0.4 is 4.72 Å². The Labute approximate surface area is 173 Å². The van der Waals surface area contributed by atoms with Crippen LogP contribution in [0.5, 0.6) is 0 Å². The second-order valence-corrected chi connectivity index (χ2v) is 10.4. The van der Waals surface area contributed by atoms with Gasteiger partial charge in [-0.2, -0.15) is 13.2 Å². The number of alkyl halides is 3. The number of aldehydes is 1. The van der Waals surface area contributed by atoms with E-state index in [0.717, 1.165) is 17.8 Å². The van der Waals surface area contributed by atoms with E-state index in [2.05, 4.69) is 4.72 Å². The first kappa shape index (κ1) is 22.9. The molecular formula is C19H19ClF3NO2S2. The summed E-state index contributed by atoms with van der Waals surface area (Å²) < 4.78 is 55.4. The Bertz CT molecular complexity index is 896. The SMILES string of the molecule is CC(C)(C)S(=O)NCc1cc(Cl)cc(C(F)(F)F)c1Sc1ccccc1C=O. The van der Waals surface area contributed by atoms with Gasteiger partial charge in [-0.1, -0.05) is 41.6 Å². The van der Waals surface area contributed by atoms with Crippen LogP contribution in [0.2, 0.25) is 5.02 Å². The first-order valence-corrected chi connectivity index (χ1v) is 10.5. The molecule has 0 aromatic heterocycles. The lowest BCUT2D eigenvalue weighted by atomic mass is 10.1. The van der Waals surface area contributed by atoms with Crippen molar-refractivity contribution in [1.82, 2.24) is 4.72 Å². The van der Waals surface area contributed by atoms with E-state index in [4.69, 9.17) is 11.6 Å². The minimum absolute atomic E-state index is 0.0703. The molecule has 0 heterocycles. The van der Waals surface area contributed by atoms with E-state index < -0.39 is 27.5 Å². The number of rotatable bonds is 6. The van der Waals surface area contributed by atoms with Crippen LogP contribution in [-0.2, 0) is 23.7 Å². The summed E-state index contributed by atoms with van der Waals surface area (Å²) in [7, 11) is -1.47. The molecule has 1 unspecified atom stereocenters. The molecule has 0 spiro atoms. The van der Waals surface area contributed by atoms with Crippen molar-refractivity contribution in [3.8, 4) is 0 Å². The van der Waals surface area contributed by atoms with Gasteiger partial charge in [-0.15, -0.1) is 0 Å². The zero-order chi connectivity index (χ0) is 21.1. The third-order valence-corrected chi connectivity index (χ3v) is 6.66. The van der Waals surface area contributed by atoms with E-state index in [-0.39, 0.29) is 27.6 Å². The van der Waals surface area contributed by atoms with Gasteiger partial charge in [0.1, 0.15) is 0 Å². The van der Waals surface area contributed by atoms with Crippen molar-refractivity contribution >= 4 is 40.6 Å². The quantitative estimate of drug-likeness (QED) is 0.560. The Morgan fingerprint density at radius 1 is 1.18 bits per heavy atom. The van der Waals surface area contributed by atoms with Crippen molar-refractivity contribution in [2.45, 2.75) is 48.0 Å². The van der Waals surface area contributed by atoms with Crippen molar-refractivity contribution in [1.29, 1.82) is 0 Å². The molecule has 0 fully saturated rings. The van der Waals surface area contributed by atoms with E-state index in [9.17, 15) is 22.2 Å². The Kier molecular flexibility index (Phi) is 7.36. The summed E-state index contributed by atoms with van der Waals surface area (Å²) >= 11 is 6.76. The van der Waals surface area contributed by atoms with Crippen LogP contribution in [0.25, 0.3) is 0 Å². The maximum Gasteiger partial charge on any atom is 0.417 e. The summed E-state index contributed by atoms with van der Waals surface area (Å²) in [5.41, 5.74) is -0.361. The maximum absolute atomic E-state index is 13.7. The molecule has 0 aliphatic heterocycles. The van der Waals surface area contributed by atoms with Gasteiger partial charge in [0, 0.05) is 26.9 Å². The van der Waals surface area contributed by atoms with Gasteiger partial charge >= 0.3 is 6.18 Å². The fraction of sp³-hybridized carbons (Fsp3) is 0.316. The predicted octanol–water partition coefficient (Wildman–Crippen LogP) is 5.87. The highest BCUT2D eigenvalue weighted by molar-refractivity contribution is 7.99. The van der Waals surface area contributed by atoms with Crippen LogP contribution >= 0.6 is 23.4 Å². The van der Waals surface area contributed by atoms with Crippen LogP contribution in [0.15, 0.2) is 46.2 Å². The molecule has 0 aliphatic rings. The van der Waals surface area contributed by atoms with Crippen molar-refractivity contribution < 1.29 is 22.2 Å². The Hall–Kier alpha value is -1.35. The van der Waals surface area contributed by atoms with Gasteiger partial charge in [-0.05, 0) is 44.5 Å². The lowest BCUT2D eigenvalue weighted by Gasteiger charge is -2.21. The van der Waals surface area contributed by atoms with Gasteiger partial charge in [0.05, 0.1) is 21.3 Å². The first-order valence-electron chi connectivity index (χ1n) is 8.20. The predicted molar refractivity (Wildman–Crippen MR) is 107 cm³/mol. The lowest BCUT2D eigenvalue weighted by Crippen LogP contribution is -2.33. The summed E-state index contributed by atoms with van der Waals surface area (Å²) in [5.74, 6) is 0. The number of nitrogens with one attached hydrogen (secondary N) is 1. The minimum Gasteiger partial charge on any atom is -0.298 e. The maximum atomic E-state index is 13.7. The third kappa shape index (κ3) is 5.83. The molecule has 0 saturated carbocycles. The molecule has 1 N–H and O–H groups in total. The van der Waals surface area contributed by atoms with Crippen LogP contribution in [0.1, 0.15) is 42.3 Å². The van der Waals surface area contributed by atoms with E-state index >= 15 is 0 Å². The molecule has 2 rings (SSSR count).